The molecule has 3 N–H and O–H groups in total. The number of likely N-dealkylation sites (tertiary alicyclic amines) is 1. The first-order valence-corrected chi connectivity index (χ1v) is 4.45. The van der Waals surface area contributed by atoms with Crippen LogP contribution in [0.5, 0.6) is 0 Å². The van der Waals surface area contributed by atoms with E-state index in [-0.39, 0.29) is 10.9 Å². The molecule has 1 heterocycles. The third kappa shape index (κ3) is 2.18. The summed E-state index contributed by atoms with van der Waals surface area (Å²) in [6.07, 6.45) is 1.17. The van der Waals surface area contributed by atoms with Gasteiger partial charge in [-0.15, -0.1) is 0 Å². The first-order chi connectivity index (χ1) is 6.07. The minimum absolute atomic E-state index is 0.0168. The van der Waals surface area contributed by atoms with Gasteiger partial charge < -0.3 is 10.8 Å². The van der Waals surface area contributed by atoms with Gasteiger partial charge >= 0.3 is 6.09 Å². The van der Waals surface area contributed by atoms with Crippen molar-refractivity contribution in [2.75, 3.05) is 19.6 Å². The van der Waals surface area contributed by atoms with Crippen molar-refractivity contribution >= 4 is 12.0 Å². The lowest BCUT2D eigenvalue weighted by Gasteiger charge is -2.26. The van der Waals surface area contributed by atoms with Gasteiger partial charge in [0.25, 0.3) is 0 Å². The molecule has 0 spiro atoms. The minimum Gasteiger partial charge on any atom is -0.435 e. The van der Waals surface area contributed by atoms with Crippen LogP contribution in [0, 0.1) is 0 Å². The molecule has 0 atom stereocenters. The molecule has 0 unspecified atom stereocenters. The highest BCUT2D eigenvalue weighted by Gasteiger charge is 2.39. The molecule has 1 aliphatic heterocycles. The van der Waals surface area contributed by atoms with Crippen molar-refractivity contribution in [1.82, 2.24) is 0 Å². The van der Waals surface area contributed by atoms with E-state index in [0.29, 0.717) is 19.6 Å². The Balaban J connectivity index is 2.57. The van der Waals surface area contributed by atoms with E-state index in [1.807, 2.05) is 0 Å². The highest BCUT2D eigenvalue weighted by molar-refractivity contribution is 5.74. The van der Waals surface area contributed by atoms with Crippen molar-refractivity contribution in [3.63, 3.8) is 0 Å². The van der Waals surface area contributed by atoms with Crippen LogP contribution in [0.2, 0.25) is 0 Å². The summed E-state index contributed by atoms with van der Waals surface area (Å²) in [4.78, 5) is 21.5. The van der Waals surface area contributed by atoms with Gasteiger partial charge in [0.05, 0.1) is 26.1 Å². The van der Waals surface area contributed by atoms with Crippen molar-refractivity contribution in [3.8, 4) is 0 Å². The lowest BCUT2D eigenvalue weighted by Crippen LogP contribution is -2.51. The van der Waals surface area contributed by atoms with Crippen LogP contribution in [-0.4, -0.2) is 41.2 Å². The molecule has 0 aromatic carbocycles. The van der Waals surface area contributed by atoms with Crippen LogP contribution in [-0.2, 0) is 4.79 Å². The minimum atomic E-state index is -0.834. The molecule has 0 aliphatic carbocycles. The summed E-state index contributed by atoms with van der Waals surface area (Å²) in [7, 11) is 0. The molecule has 0 aromatic rings. The summed E-state index contributed by atoms with van der Waals surface area (Å²) in [5.41, 5.74) is 4.99. The zero-order chi connectivity index (χ0) is 9.90. The normalized spacial score (nSPS) is 20.0. The average molecular weight is 187 g/mol. The summed E-state index contributed by atoms with van der Waals surface area (Å²) in [5.74, 6) is -0.425. The summed E-state index contributed by atoms with van der Waals surface area (Å²) in [6, 6.07) is 0. The van der Waals surface area contributed by atoms with Gasteiger partial charge in [-0.3, -0.25) is 4.79 Å². The Morgan fingerprint density at radius 3 is 2.23 bits per heavy atom. The standard InChI is InChI=1S/C8H14N2O3/c9-7(11)3-6-10(8(12)13)4-1-2-5-10/h1-6H2,(H2-,9,11,12,13)/p+1. The summed E-state index contributed by atoms with van der Waals surface area (Å²) < 4.78 is 0.0168. The molecule has 0 bridgehead atoms. The quantitative estimate of drug-likeness (QED) is 0.617. The van der Waals surface area contributed by atoms with Crippen LogP contribution in [0.1, 0.15) is 19.3 Å². The number of quaternary nitrogens is 1. The summed E-state index contributed by atoms with van der Waals surface area (Å²) in [5, 5.41) is 9.00. The first-order valence-electron chi connectivity index (χ1n) is 4.45. The molecule has 1 aliphatic rings. The second-order valence-corrected chi connectivity index (χ2v) is 3.52. The van der Waals surface area contributed by atoms with Gasteiger partial charge in [-0.05, 0) is 0 Å². The molecule has 5 nitrogen and oxygen atoms in total. The van der Waals surface area contributed by atoms with Crippen LogP contribution in [0.15, 0.2) is 0 Å². The number of hydrogen-bond acceptors (Lipinski definition) is 2. The topological polar surface area (TPSA) is 80.4 Å². The number of carbonyl (C=O) groups excluding carboxylic acids is 1. The maximum absolute atomic E-state index is 11.0. The van der Waals surface area contributed by atoms with Gasteiger partial charge in [0.15, 0.2) is 0 Å². The Morgan fingerprint density at radius 2 is 1.85 bits per heavy atom. The van der Waals surface area contributed by atoms with Gasteiger partial charge in [0, 0.05) is 12.8 Å². The molecule has 0 radical (unpaired) electrons. The predicted molar refractivity (Wildman–Crippen MR) is 45.9 cm³/mol. The number of carboxylic acid groups (broad SMARTS) is 1. The van der Waals surface area contributed by atoms with Crippen molar-refractivity contribution in [2.45, 2.75) is 19.3 Å². The monoisotopic (exact) mass is 187 g/mol. The molecule has 13 heavy (non-hydrogen) atoms. The molecule has 0 saturated carbocycles. The second-order valence-electron chi connectivity index (χ2n) is 3.52. The number of nitrogens with two attached hydrogens (primary N) is 1. The number of rotatable bonds is 3. The molecule has 2 amide bonds. The third-order valence-electron chi connectivity index (χ3n) is 2.61. The van der Waals surface area contributed by atoms with Crippen LogP contribution in [0.3, 0.4) is 0 Å². The fraction of sp³-hybridized carbons (Fsp3) is 0.750. The second kappa shape index (κ2) is 3.74. The van der Waals surface area contributed by atoms with Gasteiger partial charge in [0.1, 0.15) is 0 Å². The molecule has 1 saturated heterocycles. The van der Waals surface area contributed by atoms with Gasteiger partial charge in [-0.25, -0.2) is 4.48 Å². The fourth-order valence-electron chi connectivity index (χ4n) is 1.78. The molecule has 1 fully saturated rings. The van der Waals surface area contributed by atoms with Gasteiger partial charge in [0.2, 0.25) is 5.91 Å². The first kappa shape index (κ1) is 9.98. The number of hydrogen-bond donors (Lipinski definition) is 2. The SMILES string of the molecule is NC(=O)CC[N+]1(C(=O)O)CCCC1. The van der Waals surface area contributed by atoms with Crippen LogP contribution in [0.25, 0.3) is 0 Å². The molecule has 0 aromatic heterocycles. The lowest BCUT2D eigenvalue weighted by atomic mass is 10.3. The van der Waals surface area contributed by atoms with Crippen molar-refractivity contribution in [2.24, 2.45) is 5.73 Å². The highest BCUT2D eigenvalue weighted by Crippen LogP contribution is 2.20. The fourth-order valence-corrected chi connectivity index (χ4v) is 1.78. The number of nitrogens with zero attached hydrogens (tertiary/aromatic N) is 1. The van der Waals surface area contributed by atoms with Crippen molar-refractivity contribution in [3.05, 3.63) is 0 Å². The van der Waals surface area contributed by atoms with Gasteiger partial charge in [-0.2, -0.15) is 4.79 Å². The zero-order valence-corrected chi connectivity index (χ0v) is 7.53. The summed E-state index contributed by atoms with van der Waals surface area (Å²) >= 11 is 0. The van der Waals surface area contributed by atoms with Crippen LogP contribution < -0.4 is 5.73 Å². The Hall–Kier alpha value is -1.10. The third-order valence-corrected chi connectivity index (χ3v) is 2.61. The van der Waals surface area contributed by atoms with E-state index in [2.05, 4.69) is 0 Å². The Labute approximate surface area is 76.7 Å². The van der Waals surface area contributed by atoms with Crippen molar-refractivity contribution in [1.29, 1.82) is 0 Å². The largest absolute Gasteiger partial charge is 0.513 e. The smallest absolute Gasteiger partial charge is 0.435 e. The zero-order valence-electron chi connectivity index (χ0n) is 7.53. The molecule has 74 valence electrons. The van der Waals surface area contributed by atoms with E-state index >= 15 is 0 Å². The molecular weight excluding hydrogens is 172 g/mol. The molecule has 5 heteroatoms. The maximum atomic E-state index is 11.0. The van der Waals surface area contributed by atoms with Crippen LogP contribution in [0.4, 0.5) is 4.79 Å². The number of carbonyl (C=O) groups is 2. The Kier molecular flexibility index (Phi) is 2.87. The van der Waals surface area contributed by atoms with E-state index in [1.165, 1.54) is 0 Å². The maximum Gasteiger partial charge on any atom is 0.513 e. The molecule has 1 rings (SSSR count). The Bertz CT molecular complexity index is 221. The van der Waals surface area contributed by atoms with E-state index in [9.17, 15) is 9.59 Å². The highest BCUT2D eigenvalue weighted by atomic mass is 16.4. The van der Waals surface area contributed by atoms with E-state index in [4.69, 9.17) is 10.8 Å². The molecular formula is C8H15N2O3+. The van der Waals surface area contributed by atoms with E-state index in [1.54, 1.807) is 0 Å². The number of primary amides is 1. The number of amides is 2. The van der Waals surface area contributed by atoms with E-state index < -0.39 is 12.0 Å². The van der Waals surface area contributed by atoms with Crippen molar-refractivity contribution < 1.29 is 19.2 Å². The Morgan fingerprint density at radius 1 is 1.31 bits per heavy atom. The lowest BCUT2D eigenvalue weighted by molar-refractivity contribution is -0.844. The van der Waals surface area contributed by atoms with Gasteiger partial charge in [-0.1, -0.05) is 0 Å². The average Bonchev–Trinajstić information content (AvgIpc) is 2.50. The predicted octanol–water partition coefficient (Wildman–Crippen LogP) is 0.150. The van der Waals surface area contributed by atoms with Crippen LogP contribution >= 0.6 is 0 Å². The summed E-state index contributed by atoms with van der Waals surface area (Å²) in [6.45, 7) is 1.59. The van der Waals surface area contributed by atoms with E-state index in [0.717, 1.165) is 12.8 Å².